The number of amides is 2. The Morgan fingerprint density at radius 2 is 1.52 bits per heavy atom. The molecule has 4 heteroatoms. The molecule has 1 saturated heterocycles. The molecule has 1 aliphatic heterocycles. The molecule has 1 heterocycles. The van der Waals surface area contributed by atoms with Crippen LogP contribution in [0, 0.1) is 5.92 Å². The molecule has 3 rings (SSSR count). The normalized spacial score (nSPS) is 19.5. The predicted octanol–water partition coefficient (Wildman–Crippen LogP) is 3.72. The number of carbonyl (C=O) groups is 2. The van der Waals surface area contributed by atoms with Gasteiger partial charge < -0.3 is 9.80 Å². The van der Waals surface area contributed by atoms with Crippen LogP contribution in [0.1, 0.15) is 61.7 Å². The van der Waals surface area contributed by atoms with E-state index in [1.165, 1.54) is 32.1 Å². The Balaban J connectivity index is 1.47. The van der Waals surface area contributed by atoms with Gasteiger partial charge in [-0.25, -0.2) is 0 Å². The second-order valence-corrected chi connectivity index (χ2v) is 7.44. The molecule has 2 fully saturated rings. The monoisotopic (exact) mass is 342 g/mol. The summed E-state index contributed by atoms with van der Waals surface area (Å²) < 4.78 is 0. The van der Waals surface area contributed by atoms with Crippen molar-refractivity contribution in [3.63, 3.8) is 0 Å². The van der Waals surface area contributed by atoms with E-state index in [9.17, 15) is 9.59 Å². The molecule has 0 spiro atoms. The van der Waals surface area contributed by atoms with Gasteiger partial charge in [-0.2, -0.15) is 0 Å². The van der Waals surface area contributed by atoms with Crippen LogP contribution < -0.4 is 0 Å². The average Bonchev–Trinajstić information content (AvgIpc) is 2.93. The quantitative estimate of drug-likeness (QED) is 0.837. The summed E-state index contributed by atoms with van der Waals surface area (Å²) in [4.78, 5) is 29.0. The average molecular weight is 342 g/mol. The molecule has 1 aliphatic carbocycles. The second-order valence-electron chi connectivity index (χ2n) is 7.44. The Morgan fingerprint density at radius 1 is 0.840 bits per heavy atom. The van der Waals surface area contributed by atoms with Crippen molar-refractivity contribution in [1.29, 1.82) is 0 Å². The molecule has 0 atom stereocenters. The van der Waals surface area contributed by atoms with E-state index in [0.29, 0.717) is 19.5 Å². The molecule has 25 heavy (non-hydrogen) atoms. The highest BCUT2D eigenvalue weighted by molar-refractivity contribution is 5.94. The Hall–Kier alpha value is -1.84. The summed E-state index contributed by atoms with van der Waals surface area (Å²) >= 11 is 0. The van der Waals surface area contributed by atoms with E-state index in [1.807, 2.05) is 40.1 Å². The fourth-order valence-electron chi connectivity index (χ4n) is 4.09. The molecule has 1 saturated carbocycles. The van der Waals surface area contributed by atoms with Crippen LogP contribution in [-0.2, 0) is 4.79 Å². The van der Waals surface area contributed by atoms with Crippen LogP contribution in [0.4, 0.5) is 0 Å². The van der Waals surface area contributed by atoms with Crippen LogP contribution in [0.2, 0.25) is 0 Å². The Morgan fingerprint density at radius 3 is 2.28 bits per heavy atom. The van der Waals surface area contributed by atoms with Crippen molar-refractivity contribution in [1.82, 2.24) is 9.80 Å². The lowest BCUT2D eigenvalue weighted by Crippen LogP contribution is -2.37. The van der Waals surface area contributed by atoms with Gasteiger partial charge in [0.1, 0.15) is 0 Å². The maximum atomic E-state index is 12.6. The van der Waals surface area contributed by atoms with Crippen LogP contribution >= 0.6 is 0 Å². The lowest BCUT2D eigenvalue weighted by Gasteiger charge is -2.24. The van der Waals surface area contributed by atoms with Gasteiger partial charge in [0.25, 0.3) is 5.91 Å². The van der Waals surface area contributed by atoms with E-state index in [4.69, 9.17) is 0 Å². The molecule has 2 aliphatic rings. The van der Waals surface area contributed by atoms with Gasteiger partial charge in [-0.3, -0.25) is 9.59 Å². The summed E-state index contributed by atoms with van der Waals surface area (Å²) in [5.74, 6) is 1.11. The molecule has 136 valence electrons. The van der Waals surface area contributed by atoms with E-state index in [1.54, 1.807) is 0 Å². The summed E-state index contributed by atoms with van der Waals surface area (Å²) in [7, 11) is 0. The Labute approximate surface area is 151 Å². The highest BCUT2D eigenvalue weighted by Gasteiger charge is 2.23. The third kappa shape index (κ3) is 5.07. The molecule has 0 radical (unpaired) electrons. The zero-order valence-corrected chi connectivity index (χ0v) is 15.2. The lowest BCUT2D eigenvalue weighted by molar-refractivity contribution is -0.131. The highest BCUT2D eigenvalue weighted by atomic mass is 16.2. The van der Waals surface area contributed by atoms with Gasteiger partial charge >= 0.3 is 0 Å². The minimum atomic E-state index is 0.0807. The van der Waals surface area contributed by atoms with Crippen molar-refractivity contribution >= 4 is 11.8 Å². The summed E-state index contributed by atoms with van der Waals surface area (Å²) in [5.41, 5.74) is 0.736. The van der Waals surface area contributed by atoms with E-state index in [-0.39, 0.29) is 11.8 Å². The van der Waals surface area contributed by atoms with Crippen LogP contribution in [0.15, 0.2) is 30.3 Å². The summed E-state index contributed by atoms with van der Waals surface area (Å²) in [5, 5.41) is 0. The first kappa shape index (κ1) is 18.0. The van der Waals surface area contributed by atoms with Gasteiger partial charge in [-0.05, 0) is 30.9 Å². The first-order chi connectivity index (χ1) is 12.2. The van der Waals surface area contributed by atoms with Gasteiger partial charge in [0, 0.05) is 38.2 Å². The van der Waals surface area contributed by atoms with Crippen LogP contribution in [0.25, 0.3) is 0 Å². The maximum absolute atomic E-state index is 12.6. The van der Waals surface area contributed by atoms with Crippen molar-refractivity contribution in [2.75, 3.05) is 26.2 Å². The summed E-state index contributed by atoms with van der Waals surface area (Å²) in [6.45, 7) is 2.83. The fourth-order valence-corrected chi connectivity index (χ4v) is 4.09. The van der Waals surface area contributed by atoms with E-state index in [2.05, 4.69) is 0 Å². The number of nitrogens with zero attached hydrogens (tertiary/aromatic N) is 2. The zero-order valence-electron chi connectivity index (χ0n) is 15.2. The molecule has 4 nitrogen and oxygen atoms in total. The Kier molecular flexibility index (Phi) is 6.48. The summed E-state index contributed by atoms with van der Waals surface area (Å²) in [6.07, 6.45) is 9.21. The molecular formula is C21H30N2O2. The van der Waals surface area contributed by atoms with Crippen LogP contribution in [-0.4, -0.2) is 47.8 Å². The topological polar surface area (TPSA) is 40.6 Å². The maximum Gasteiger partial charge on any atom is 0.253 e. The second kappa shape index (κ2) is 9.02. The van der Waals surface area contributed by atoms with Gasteiger partial charge in [0.05, 0.1) is 0 Å². The van der Waals surface area contributed by atoms with Gasteiger partial charge in [0.2, 0.25) is 5.91 Å². The van der Waals surface area contributed by atoms with E-state index in [0.717, 1.165) is 37.4 Å². The standard InChI is InChI=1S/C21H30N2O2/c24-20(13-12-18-8-3-1-4-9-18)22-14-7-15-23(17-16-22)21(25)19-10-5-2-6-11-19/h2,5-6,10-11,18H,1,3-4,7-9,12-17H2. The number of hydrogen-bond acceptors (Lipinski definition) is 2. The van der Waals surface area contributed by atoms with Crippen LogP contribution in [0.3, 0.4) is 0 Å². The number of benzene rings is 1. The zero-order chi connectivity index (χ0) is 17.5. The first-order valence-corrected chi connectivity index (χ1v) is 9.86. The van der Waals surface area contributed by atoms with E-state index >= 15 is 0 Å². The van der Waals surface area contributed by atoms with Crippen LogP contribution in [0.5, 0.6) is 0 Å². The fraction of sp³-hybridized carbons (Fsp3) is 0.619. The van der Waals surface area contributed by atoms with Crippen molar-refractivity contribution in [2.24, 2.45) is 5.92 Å². The van der Waals surface area contributed by atoms with Gasteiger partial charge in [0.15, 0.2) is 0 Å². The third-order valence-electron chi connectivity index (χ3n) is 5.65. The smallest absolute Gasteiger partial charge is 0.253 e. The lowest BCUT2D eigenvalue weighted by atomic mass is 9.86. The SMILES string of the molecule is O=C(CCC1CCCCC1)N1CCCN(C(=O)c2ccccc2)CC1. The molecule has 0 N–H and O–H groups in total. The molecule has 1 aromatic carbocycles. The molecular weight excluding hydrogens is 312 g/mol. The van der Waals surface area contributed by atoms with Crippen molar-refractivity contribution in [2.45, 2.75) is 51.4 Å². The third-order valence-corrected chi connectivity index (χ3v) is 5.65. The predicted molar refractivity (Wildman–Crippen MR) is 99.4 cm³/mol. The van der Waals surface area contributed by atoms with Gasteiger partial charge in [-0.15, -0.1) is 0 Å². The Bertz CT molecular complexity index is 567. The largest absolute Gasteiger partial charge is 0.341 e. The first-order valence-electron chi connectivity index (χ1n) is 9.86. The number of carbonyl (C=O) groups excluding carboxylic acids is 2. The molecule has 0 aromatic heterocycles. The molecule has 0 unspecified atom stereocenters. The molecule has 0 bridgehead atoms. The molecule has 1 aromatic rings. The van der Waals surface area contributed by atoms with Gasteiger partial charge in [-0.1, -0.05) is 50.3 Å². The molecule has 2 amide bonds. The van der Waals surface area contributed by atoms with Crippen molar-refractivity contribution < 1.29 is 9.59 Å². The summed E-state index contributed by atoms with van der Waals surface area (Å²) in [6, 6.07) is 9.44. The van der Waals surface area contributed by atoms with Crippen molar-refractivity contribution in [3.8, 4) is 0 Å². The number of rotatable bonds is 4. The van der Waals surface area contributed by atoms with E-state index < -0.39 is 0 Å². The highest BCUT2D eigenvalue weighted by Crippen LogP contribution is 2.27. The minimum Gasteiger partial charge on any atom is -0.341 e. The minimum absolute atomic E-state index is 0.0807. The number of hydrogen-bond donors (Lipinski definition) is 0. The van der Waals surface area contributed by atoms with Crippen molar-refractivity contribution in [3.05, 3.63) is 35.9 Å².